The first-order valence-corrected chi connectivity index (χ1v) is 11.4. The molecule has 0 amide bonds. The molecule has 0 saturated heterocycles. The van der Waals surface area contributed by atoms with Gasteiger partial charge in [0.1, 0.15) is 27.2 Å². The molecule has 1 atom stereocenters. The van der Waals surface area contributed by atoms with Crippen LogP contribution in [-0.2, 0) is 26.7 Å². The van der Waals surface area contributed by atoms with Crippen LogP contribution in [0.3, 0.4) is 0 Å². The number of aliphatic hydroxyl groups is 1. The van der Waals surface area contributed by atoms with Gasteiger partial charge < -0.3 is 9.84 Å². The van der Waals surface area contributed by atoms with Crippen LogP contribution in [-0.4, -0.2) is 44.1 Å². The van der Waals surface area contributed by atoms with Crippen molar-refractivity contribution >= 4 is 45.4 Å². The molecule has 12 heteroatoms. The number of nitrogens with zero attached hydrogens (tertiary/aromatic N) is 1. The van der Waals surface area contributed by atoms with Crippen LogP contribution < -0.4 is 4.72 Å². The minimum Gasteiger partial charge on any atom is -0.468 e. The predicted molar refractivity (Wildman–Crippen MR) is 119 cm³/mol. The summed E-state index contributed by atoms with van der Waals surface area (Å²) in [6.07, 6.45) is -2.62. The zero-order valence-corrected chi connectivity index (χ0v) is 19.5. The fraction of sp³-hybridized carbons (Fsp3) is 0.450. The van der Waals surface area contributed by atoms with Gasteiger partial charge in [-0.2, -0.15) is 13.2 Å². The van der Waals surface area contributed by atoms with Gasteiger partial charge in [0.25, 0.3) is 0 Å². The molecule has 0 heterocycles. The molecule has 7 nitrogen and oxygen atoms in total. The van der Waals surface area contributed by atoms with Crippen molar-refractivity contribution < 1.29 is 32.0 Å². The van der Waals surface area contributed by atoms with Crippen LogP contribution in [0.25, 0.3) is 6.08 Å². The molecular formula is C20H24F3N3O4S2. The Balaban J connectivity index is 2.29. The Kier molecular flexibility index (Phi) is 8.08. The van der Waals surface area contributed by atoms with Gasteiger partial charge >= 0.3 is 12.1 Å². The summed E-state index contributed by atoms with van der Waals surface area (Å²) < 4.78 is 60.3. The SMILES string of the molecule is COC(=O)C1(NS(=O)c2cc(/C=C(\C)N=CSC(=N)C(C)(C)O)ccc2C(F)(F)F)CC1. The topological polar surface area (TPSA) is 112 Å². The fourth-order valence-electron chi connectivity index (χ4n) is 2.50. The summed E-state index contributed by atoms with van der Waals surface area (Å²) >= 11 is 0.904. The van der Waals surface area contributed by atoms with Gasteiger partial charge in [-0.05, 0) is 57.4 Å². The van der Waals surface area contributed by atoms with Gasteiger partial charge in [0.2, 0.25) is 0 Å². The number of allylic oxidation sites excluding steroid dienone is 1. The van der Waals surface area contributed by atoms with E-state index in [-0.39, 0.29) is 5.04 Å². The number of carbonyl (C=O) groups is 1. The summed E-state index contributed by atoms with van der Waals surface area (Å²) in [5.41, 5.74) is -1.55. The third-order valence-electron chi connectivity index (χ3n) is 4.48. The maximum Gasteiger partial charge on any atom is 0.417 e. The van der Waals surface area contributed by atoms with Gasteiger partial charge in [-0.1, -0.05) is 17.8 Å². The third kappa shape index (κ3) is 6.74. The van der Waals surface area contributed by atoms with Crippen molar-refractivity contribution in [1.82, 2.24) is 4.72 Å². The largest absolute Gasteiger partial charge is 0.468 e. The monoisotopic (exact) mass is 491 g/mol. The number of esters is 1. The van der Waals surface area contributed by atoms with Crippen LogP contribution in [0.15, 0.2) is 33.8 Å². The summed E-state index contributed by atoms with van der Waals surface area (Å²) in [4.78, 5) is 15.5. The molecule has 0 bridgehead atoms. The number of alkyl halides is 3. The average Bonchev–Trinajstić information content (AvgIpc) is 3.46. The maximum atomic E-state index is 13.5. The van der Waals surface area contributed by atoms with E-state index in [0.29, 0.717) is 24.1 Å². The predicted octanol–water partition coefficient (Wildman–Crippen LogP) is 3.89. The number of thioether (sulfide) groups is 1. The molecule has 176 valence electrons. The molecule has 2 rings (SSSR count). The van der Waals surface area contributed by atoms with Crippen molar-refractivity contribution in [2.75, 3.05) is 7.11 Å². The maximum absolute atomic E-state index is 13.5. The molecule has 0 spiro atoms. The molecule has 32 heavy (non-hydrogen) atoms. The van der Waals surface area contributed by atoms with Crippen LogP contribution in [0.4, 0.5) is 13.2 Å². The molecule has 1 fully saturated rings. The Morgan fingerprint density at radius 1 is 1.38 bits per heavy atom. The zero-order chi connectivity index (χ0) is 24.3. The second-order valence-corrected chi connectivity index (χ2v) is 9.76. The second-order valence-electron chi connectivity index (χ2n) is 7.72. The second kappa shape index (κ2) is 9.86. The highest BCUT2D eigenvalue weighted by Gasteiger charge is 2.53. The molecule has 1 aliphatic carbocycles. The fourth-order valence-corrected chi connectivity index (χ4v) is 4.49. The van der Waals surface area contributed by atoms with Crippen LogP contribution in [0.5, 0.6) is 0 Å². The van der Waals surface area contributed by atoms with E-state index >= 15 is 0 Å². The van der Waals surface area contributed by atoms with E-state index in [0.717, 1.165) is 31.0 Å². The average molecular weight is 492 g/mol. The van der Waals surface area contributed by atoms with Crippen molar-refractivity contribution in [2.24, 2.45) is 4.99 Å². The number of ether oxygens (including phenoxy) is 1. The zero-order valence-electron chi connectivity index (χ0n) is 17.9. The van der Waals surface area contributed by atoms with Crippen molar-refractivity contribution in [1.29, 1.82) is 5.41 Å². The van der Waals surface area contributed by atoms with Crippen LogP contribution >= 0.6 is 11.8 Å². The Hall–Kier alpha value is -2.02. The van der Waals surface area contributed by atoms with Crippen LogP contribution in [0.1, 0.15) is 44.7 Å². The first-order valence-electron chi connectivity index (χ1n) is 9.38. The van der Waals surface area contributed by atoms with E-state index in [1.807, 2.05) is 0 Å². The standard InChI is InChI=1S/C20H24F3N3O4S2/c1-12(25-11-31-16(24)18(2,3)28)9-13-5-6-14(20(21,22)23)15(10-13)32(29)26-19(7-8-19)17(27)30-4/h5-6,9-11,24,26,28H,7-8H2,1-4H3/b12-9+,24-16?,25-11?. The number of hydrogen-bond donors (Lipinski definition) is 3. The number of hydrogen-bond acceptors (Lipinski definition) is 7. The summed E-state index contributed by atoms with van der Waals surface area (Å²) in [5, 5.41) is 17.4. The summed E-state index contributed by atoms with van der Waals surface area (Å²) in [5.74, 6) is -0.672. The van der Waals surface area contributed by atoms with Crippen molar-refractivity contribution in [3.63, 3.8) is 0 Å². The number of carbonyl (C=O) groups excluding carboxylic acids is 1. The normalized spacial score (nSPS) is 17.3. The number of benzene rings is 1. The third-order valence-corrected chi connectivity index (χ3v) is 6.74. The number of aliphatic imine (C=N–C) groups is 1. The molecule has 1 unspecified atom stereocenters. The number of halogens is 3. The Labute approximate surface area is 190 Å². The van der Waals surface area contributed by atoms with E-state index in [4.69, 9.17) is 5.41 Å². The van der Waals surface area contributed by atoms with Gasteiger partial charge in [0, 0.05) is 5.70 Å². The molecular weight excluding hydrogens is 467 g/mol. The Bertz CT molecular complexity index is 981. The van der Waals surface area contributed by atoms with E-state index in [1.165, 1.54) is 31.5 Å². The van der Waals surface area contributed by atoms with E-state index in [1.54, 1.807) is 6.92 Å². The first-order chi connectivity index (χ1) is 14.7. The minimum atomic E-state index is -4.74. The van der Waals surface area contributed by atoms with Gasteiger partial charge in [-0.15, -0.1) is 0 Å². The smallest absolute Gasteiger partial charge is 0.417 e. The van der Waals surface area contributed by atoms with Gasteiger partial charge in [0.05, 0.1) is 23.1 Å². The molecule has 0 aliphatic heterocycles. The molecule has 1 aromatic rings. The Morgan fingerprint density at radius 2 is 2.00 bits per heavy atom. The number of rotatable bonds is 8. The highest BCUT2D eigenvalue weighted by molar-refractivity contribution is 8.25. The molecule has 0 aromatic heterocycles. The molecule has 1 saturated carbocycles. The molecule has 1 aromatic carbocycles. The van der Waals surface area contributed by atoms with Crippen molar-refractivity contribution in [2.45, 2.75) is 55.8 Å². The van der Waals surface area contributed by atoms with E-state index < -0.39 is 44.7 Å². The van der Waals surface area contributed by atoms with E-state index in [2.05, 4.69) is 14.5 Å². The quantitative estimate of drug-likeness (QED) is 0.290. The lowest BCUT2D eigenvalue weighted by Crippen LogP contribution is -2.41. The van der Waals surface area contributed by atoms with Crippen molar-refractivity contribution in [3.8, 4) is 0 Å². The van der Waals surface area contributed by atoms with Crippen molar-refractivity contribution in [3.05, 3.63) is 35.0 Å². The number of methoxy groups -OCH3 is 1. The highest BCUT2D eigenvalue weighted by atomic mass is 32.2. The van der Waals surface area contributed by atoms with Gasteiger partial charge in [-0.3, -0.25) is 15.2 Å². The lowest BCUT2D eigenvalue weighted by molar-refractivity contribution is -0.143. The molecule has 3 N–H and O–H groups in total. The van der Waals surface area contributed by atoms with Crippen LogP contribution in [0, 0.1) is 5.41 Å². The minimum absolute atomic E-state index is 0.0213. The lowest BCUT2D eigenvalue weighted by atomic mass is 10.1. The molecule has 1 aliphatic rings. The highest BCUT2D eigenvalue weighted by Crippen LogP contribution is 2.39. The van der Waals surface area contributed by atoms with Crippen LogP contribution in [0.2, 0.25) is 0 Å². The summed E-state index contributed by atoms with van der Waals surface area (Å²) in [6.45, 7) is 4.53. The van der Waals surface area contributed by atoms with E-state index in [9.17, 15) is 27.3 Å². The summed E-state index contributed by atoms with van der Waals surface area (Å²) in [7, 11) is -1.16. The van der Waals surface area contributed by atoms with Gasteiger partial charge in [0.15, 0.2) is 0 Å². The Morgan fingerprint density at radius 3 is 2.50 bits per heavy atom. The molecule has 0 radical (unpaired) electrons. The first kappa shape index (κ1) is 26.2. The number of nitrogens with one attached hydrogen (secondary N) is 2. The summed E-state index contributed by atoms with van der Waals surface area (Å²) in [6, 6.07) is 3.18. The lowest BCUT2D eigenvalue weighted by Gasteiger charge is -2.17. The van der Waals surface area contributed by atoms with Gasteiger partial charge in [-0.25, -0.2) is 8.93 Å².